The van der Waals surface area contributed by atoms with E-state index in [0.29, 0.717) is 10.6 Å². The van der Waals surface area contributed by atoms with Crippen LogP contribution in [0.4, 0.5) is 0 Å². The maximum Gasteiger partial charge on any atom is 0.261 e. The average molecular weight is 295 g/mol. The van der Waals surface area contributed by atoms with Gasteiger partial charge in [0.2, 0.25) is 0 Å². The maximum atomic E-state index is 12.0. The number of carbonyl (C=O) groups excluding carboxylic acids is 1. The molecular formula is C14H17NO2S2. The number of aliphatic hydroxyl groups is 1. The summed E-state index contributed by atoms with van der Waals surface area (Å²) in [5, 5.41) is 13.9. The lowest BCUT2D eigenvalue weighted by Gasteiger charge is -2.22. The number of carbonyl (C=O) groups is 1. The monoisotopic (exact) mass is 295 g/mol. The van der Waals surface area contributed by atoms with Gasteiger partial charge in [-0.15, -0.1) is 11.3 Å². The van der Waals surface area contributed by atoms with E-state index in [2.05, 4.69) is 5.32 Å². The fraction of sp³-hybridized carbons (Fsp3) is 0.357. The van der Waals surface area contributed by atoms with Crippen molar-refractivity contribution in [3.8, 4) is 0 Å². The number of thiophene rings is 1. The minimum atomic E-state index is -0.869. The second-order valence-electron chi connectivity index (χ2n) is 4.76. The van der Waals surface area contributed by atoms with Gasteiger partial charge in [0.1, 0.15) is 0 Å². The van der Waals surface area contributed by atoms with Crippen LogP contribution < -0.4 is 5.32 Å². The van der Waals surface area contributed by atoms with Crippen LogP contribution >= 0.6 is 23.1 Å². The fourth-order valence-electron chi connectivity index (χ4n) is 1.81. The van der Waals surface area contributed by atoms with Crippen molar-refractivity contribution < 1.29 is 9.90 Å². The van der Waals surface area contributed by atoms with Crippen LogP contribution in [0.5, 0.6) is 0 Å². The minimum absolute atomic E-state index is 0.123. The molecule has 1 heterocycles. The van der Waals surface area contributed by atoms with Crippen LogP contribution in [0.1, 0.15) is 16.6 Å². The quantitative estimate of drug-likeness (QED) is 0.892. The number of fused-ring (bicyclic) bond motifs is 1. The molecule has 1 atom stereocenters. The normalized spacial score (nSPS) is 14.3. The highest BCUT2D eigenvalue weighted by molar-refractivity contribution is 7.98. The van der Waals surface area contributed by atoms with Gasteiger partial charge in [-0.25, -0.2) is 0 Å². The van der Waals surface area contributed by atoms with Crippen LogP contribution in [-0.2, 0) is 0 Å². The minimum Gasteiger partial charge on any atom is -0.387 e. The van der Waals surface area contributed by atoms with Gasteiger partial charge in [0.15, 0.2) is 0 Å². The van der Waals surface area contributed by atoms with Crippen LogP contribution in [0.25, 0.3) is 10.1 Å². The number of rotatable bonds is 5. The topological polar surface area (TPSA) is 49.3 Å². The Hall–Kier alpha value is -1.04. The number of nitrogens with one attached hydrogen (secondary N) is 1. The standard InChI is InChI=1S/C14H17NO2S2/c1-14(17,9-18-2)8-15-13(16)12-7-10-5-3-4-6-11(10)19-12/h3-7,17H,8-9H2,1-2H3,(H,15,16)/t14-/m0/s1. The predicted molar refractivity (Wildman–Crippen MR) is 83.2 cm³/mol. The molecule has 5 heteroatoms. The maximum absolute atomic E-state index is 12.0. The summed E-state index contributed by atoms with van der Waals surface area (Å²) in [5.41, 5.74) is -0.869. The molecular weight excluding hydrogens is 278 g/mol. The molecule has 2 rings (SSSR count). The molecule has 0 fully saturated rings. The van der Waals surface area contributed by atoms with E-state index in [4.69, 9.17) is 0 Å². The van der Waals surface area contributed by atoms with Gasteiger partial charge in [0.05, 0.1) is 10.5 Å². The third-order valence-electron chi connectivity index (χ3n) is 2.73. The van der Waals surface area contributed by atoms with Gasteiger partial charge in [0.25, 0.3) is 5.91 Å². The summed E-state index contributed by atoms with van der Waals surface area (Å²) < 4.78 is 1.10. The summed E-state index contributed by atoms with van der Waals surface area (Å²) >= 11 is 3.03. The van der Waals surface area contributed by atoms with Gasteiger partial charge in [-0.1, -0.05) is 18.2 Å². The molecule has 3 nitrogen and oxygen atoms in total. The molecule has 0 aliphatic carbocycles. The average Bonchev–Trinajstić information content (AvgIpc) is 2.79. The molecule has 0 spiro atoms. The van der Waals surface area contributed by atoms with Crippen LogP contribution in [0.3, 0.4) is 0 Å². The highest BCUT2D eigenvalue weighted by atomic mass is 32.2. The lowest BCUT2D eigenvalue weighted by atomic mass is 10.1. The Balaban J connectivity index is 2.04. The first-order valence-electron chi connectivity index (χ1n) is 6.00. The van der Waals surface area contributed by atoms with E-state index in [-0.39, 0.29) is 12.5 Å². The summed E-state index contributed by atoms with van der Waals surface area (Å²) in [6.07, 6.45) is 1.93. The number of thioether (sulfide) groups is 1. The van der Waals surface area contributed by atoms with Gasteiger partial charge in [0, 0.05) is 17.0 Å². The van der Waals surface area contributed by atoms with Crippen molar-refractivity contribution in [2.24, 2.45) is 0 Å². The van der Waals surface area contributed by atoms with E-state index in [0.717, 1.165) is 10.1 Å². The molecule has 2 aromatic rings. The summed E-state index contributed by atoms with van der Waals surface area (Å²) in [6.45, 7) is 2.00. The molecule has 0 aliphatic rings. The first-order valence-corrected chi connectivity index (χ1v) is 8.21. The van der Waals surface area contributed by atoms with Crippen molar-refractivity contribution in [3.05, 3.63) is 35.2 Å². The molecule has 0 unspecified atom stereocenters. The molecule has 1 amide bonds. The van der Waals surface area contributed by atoms with Gasteiger partial charge >= 0.3 is 0 Å². The molecule has 0 saturated carbocycles. The van der Waals surface area contributed by atoms with Crippen molar-refractivity contribution >= 4 is 39.1 Å². The lowest BCUT2D eigenvalue weighted by Crippen LogP contribution is -2.42. The Morgan fingerprint density at radius 2 is 2.21 bits per heavy atom. The Kier molecular flexibility index (Phi) is 4.50. The highest BCUT2D eigenvalue weighted by Crippen LogP contribution is 2.25. The predicted octanol–water partition coefficient (Wildman–Crippen LogP) is 2.75. The molecule has 1 aromatic heterocycles. The highest BCUT2D eigenvalue weighted by Gasteiger charge is 2.21. The largest absolute Gasteiger partial charge is 0.387 e. The van der Waals surface area contributed by atoms with E-state index in [1.54, 1.807) is 18.7 Å². The first-order chi connectivity index (χ1) is 9.02. The van der Waals surface area contributed by atoms with Crippen molar-refractivity contribution in [3.63, 3.8) is 0 Å². The number of amides is 1. The molecule has 0 saturated heterocycles. The van der Waals surface area contributed by atoms with Crippen LogP contribution in [0.2, 0.25) is 0 Å². The fourth-order valence-corrected chi connectivity index (χ4v) is 3.52. The molecule has 1 aromatic carbocycles. The molecule has 0 bridgehead atoms. The van der Waals surface area contributed by atoms with Crippen molar-refractivity contribution in [1.29, 1.82) is 0 Å². The third kappa shape index (κ3) is 3.72. The Morgan fingerprint density at radius 1 is 1.47 bits per heavy atom. The zero-order valence-corrected chi connectivity index (χ0v) is 12.6. The second-order valence-corrected chi connectivity index (χ2v) is 6.71. The van der Waals surface area contributed by atoms with Gasteiger partial charge < -0.3 is 10.4 Å². The van der Waals surface area contributed by atoms with Crippen molar-refractivity contribution in [2.45, 2.75) is 12.5 Å². The number of benzene rings is 1. The van der Waals surface area contributed by atoms with Gasteiger partial charge in [-0.05, 0) is 30.7 Å². The summed E-state index contributed by atoms with van der Waals surface area (Å²) in [4.78, 5) is 12.7. The lowest BCUT2D eigenvalue weighted by molar-refractivity contribution is 0.0727. The second kappa shape index (κ2) is 5.94. The number of hydrogen-bond acceptors (Lipinski definition) is 4. The Bertz CT molecular complexity index is 545. The van der Waals surface area contributed by atoms with Gasteiger partial charge in [-0.3, -0.25) is 4.79 Å². The molecule has 2 N–H and O–H groups in total. The van der Waals surface area contributed by atoms with E-state index in [9.17, 15) is 9.90 Å². The molecule has 0 aliphatic heterocycles. The SMILES string of the molecule is CSC[C@@](C)(O)CNC(=O)c1cc2ccccc2s1. The first kappa shape index (κ1) is 14.4. The zero-order chi connectivity index (χ0) is 13.9. The van der Waals surface area contributed by atoms with E-state index in [1.165, 1.54) is 11.3 Å². The van der Waals surface area contributed by atoms with Crippen molar-refractivity contribution in [1.82, 2.24) is 5.32 Å². The van der Waals surface area contributed by atoms with Crippen molar-refractivity contribution in [2.75, 3.05) is 18.6 Å². The van der Waals surface area contributed by atoms with Crippen LogP contribution in [0, 0.1) is 0 Å². The van der Waals surface area contributed by atoms with Gasteiger partial charge in [-0.2, -0.15) is 11.8 Å². The number of hydrogen-bond donors (Lipinski definition) is 2. The van der Waals surface area contributed by atoms with E-state index in [1.807, 2.05) is 36.6 Å². The molecule has 0 radical (unpaired) electrons. The Morgan fingerprint density at radius 3 is 2.89 bits per heavy atom. The zero-order valence-electron chi connectivity index (χ0n) is 11.0. The summed E-state index contributed by atoms with van der Waals surface area (Å²) in [6, 6.07) is 9.80. The van der Waals surface area contributed by atoms with Crippen LogP contribution in [0.15, 0.2) is 30.3 Å². The third-order valence-corrected chi connectivity index (χ3v) is 4.76. The summed E-state index contributed by atoms with van der Waals surface area (Å²) in [7, 11) is 0. The van der Waals surface area contributed by atoms with E-state index >= 15 is 0 Å². The molecule has 102 valence electrons. The Labute approximate surface area is 121 Å². The van der Waals surface area contributed by atoms with E-state index < -0.39 is 5.60 Å². The summed E-state index contributed by atoms with van der Waals surface area (Å²) in [5.74, 6) is 0.474. The van der Waals surface area contributed by atoms with Crippen LogP contribution in [-0.4, -0.2) is 35.2 Å². The molecule has 19 heavy (non-hydrogen) atoms. The smallest absolute Gasteiger partial charge is 0.261 e.